The Hall–Kier alpha value is -1.36. The highest BCUT2D eigenvalue weighted by atomic mass is 79.9. The summed E-state index contributed by atoms with van der Waals surface area (Å²) in [6.07, 6.45) is 0. The van der Waals surface area contributed by atoms with Gasteiger partial charge in [-0.2, -0.15) is 0 Å². The van der Waals surface area contributed by atoms with Crippen molar-refractivity contribution >= 4 is 43.3 Å². The van der Waals surface area contributed by atoms with E-state index in [1.165, 1.54) is 17.5 Å². The molecule has 0 saturated heterocycles. The van der Waals surface area contributed by atoms with E-state index in [4.69, 9.17) is 5.11 Å². The number of aromatic nitrogens is 1. The first-order valence-corrected chi connectivity index (χ1v) is 8.57. The maximum atomic E-state index is 13.4. The van der Waals surface area contributed by atoms with Gasteiger partial charge in [-0.05, 0) is 34.1 Å². The van der Waals surface area contributed by atoms with Crippen LogP contribution in [0.25, 0.3) is 0 Å². The molecule has 2 N–H and O–H groups in total. The second kappa shape index (κ2) is 6.18. The molecule has 0 atom stereocenters. The Morgan fingerprint density at radius 3 is 2.76 bits per heavy atom. The van der Waals surface area contributed by atoms with E-state index in [0.29, 0.717) is 5.01 Å². The summed E-state index contributed by atoms with van der Waals surface area (Å²) in [5.74, 6) is -1.88. The van der Waals surface area contributed by atoms with Crippen molar-refractivity contribution in [3.63, 3.8) is 0 Å². The minimum absolute atomic E-state index is 0.149. The molecule has 1 aromatic carbocycles. The smallest absolute Gasteiger partial charge is 0.355 e. The van der Waals surface area contributed by atoms with Crippen LogP contribution >= 0.6 is 27.3 Å². The Morgan fingerprint density at radius 2 is 2.19 bits per heavy atom. The number of hydrogen-bond donors (Lipinski definition) is 2. The van der Waals surface area contributed by atoms with Crippen LogP contribution in [0.4, 0.5) is 4.39 Å². The third kappa shape index (κ3) is 3.84. The van der Waals surface area contributed by atoms with E-state index in [-0.39, 0.29) is 21.6 Å². The molecule has 2 rings (SSSR count). The van der Waals surface area contributed by atoms with E-state index in [2.05, 4.69) is 25.6 Å². The fourth-order valence-corrected chi connectivity index (χ4v) is 3.42. The van der Waals surface area contributed by atoms with Gasteiger partial charge < -0.3 is 5.11 Å². The molecule has 0 aliphatic carbocycles. The highest BCUT2D eigenvalue weighted by Gasteiger charge is 2.17. The van der Waals surface area contributed by atoms with Crippen LogP contribution < -0.4 is 4.72 Å². The predicted molar refractivity (Wildman–Crippen MR) is 77.2 cm³/mol. The van der Waals surface area contributed by atoms with Gasteiger partial charge in [0.05, 0.1) is 15.9 Å². The lowest BCUT2D eigenvalue weighted by Gasteiger charge is -2.05. The molecule has 0 unspecified atom stereocenters. The zero-order chi connectivity index (χ0) is 15.6. The van der Waals surface area contributed by atoms with Crippen LogP contribution in [0, 0.1) is 5.82 Å². The zero-order valence-electron chi connectivity index (χ0n) is 10.2. The molecule has 6 nitrogen and oxygen atoms in total. The van der Waals surface area contributed by atoms with Gasteiger partial charge in [0.1, 0.15) is 10.8 Å². The fraction of sp³-hybridized carbons (Fsp3) is 0.0909. The Labute approximate surface area is 131 Å². The first kappa shape index (κ1) is 16.0. The topological polar surface area (TPSA) is 96.4 Å². The number of rotatable bonds is 5. The molecule has 112 valence electrons. The van der Waals surface area contributed by atoms with Crippen molar-refractivity contribution in [1.82, 2.24) is 9.71 Å². The lowest BCUT2D eigenvalue weighted by molar-refractivity contribution is 0.0691. The summed E-state index contributed by atoms with van der Waals surface area (Å²) in [6.45, 7) is -0.169. The number of sulfonamides is 1. The highest BCUT2D eigenvalue weighted by molar-refractivity contribution is 9.10. The second-order valence-electron chi connectivity index (χ2n) is 3.83. The van der Waals surface area contributed by atoms with Crippen molar-refractivity contribution in [2.45, 2.75) is 11.4 Å². The van der Waals surface area contributed by atoms with Gasteiger partial charge in [0, 0.05) is 5.38 Å². The number of nitrogens with one attached hydrogen (secondary N) is 1. The fourth-order valence-electron chi connectivity index (χ4n) is 1.37. The van der Waals surface area contributed by atoms with Crippen LogP contribution in [-0.4, -0.2) is 24.5 Å². The van der Waals surface area contributed by atoms with Crippen LogP contribution in [-0.2, 0) is 16.6 Å². The van der Waals surface area contributed by atoms with Crippen molar-refractivity contribution in [3.05, 3.63) is 44.6 Å². The van der Waals surface area contributed by atoms with Crippen LogP contribution in [0.5, 0.6) is 0 Å². The van der Waals surface area contributed by atoms with E-state index in [0.717, 1.165) is 17.4 Å². The largest absolute Gasteiger partial charge is 0.476 e. The first-order valence-electron chi connectivity index (χ1n) is 5.42. The molecule has 0 aliphatic rings. The van der Waals surface area contributed by atoms with Gasteiger partial charge in [0.2, 0.25) is 10.0 Å². The number of aromatic carboxylic acids is 1. The molecule has 10 heteroatoms. The Bertz CT molecular complexity index is 791. The highest BCUT2D eigenvalue weighted by Crippen LogP contribution is 2.19. The molecule has 1 heterocycles. The Kier molecular flexibility index (Phi) is 4.71. The molecule has 0 aliphatic heterocycles. The van der Waals surface area contributed by atoms with Gasteiger partial charge in [-0.25, -0.2) is 27.3 Å². The molecule has 0 amide bonds. The van der Waals surface area contributed by atoms with Crippen LogP contribution in [0.15, 0.2) is 32.9 Å². The van der Waals surface area contributed by atoms with Crippen LogP contribution in [0.1, 0.15) is 15.5 Å². The minimum atomic E-state index is -3.90. The second-order valence-corrected chi connectivity index (χ2v) is 7.40. The maximum absolute atomic E-state index is 13.4. The summed E-state index contributed by atoms with van der Waals surface area (Å²) in [7, 11) is -3.90. The third-order valence-electron chi connectivity index (χ3n) is 2.39. The average molecular weight is 395 g/mol. The first-order chi connectivity index (χ1) is 9.79. The monoisotopic (exact) mass is 394 g/mol. The predicted octanol–water partition coefficient (Wildman–Crippen LogP) is 2.22. The molecule has 0 saturated carbocycles. The molecule has 0 spiro atoms. The maximum Gasteiger partial charge on any atom is 0.355 e. The number of nitrogens with zero attached hydrogens (tertiary/aromatic N) is 1. The van der Waals surface area contributed by atoms with Crippen molar-refractivity contribution < 1.29 is 22.7 Å². The third-order valence-corrected chi connectivity index (χ3v) is 5.28. The van der Waals surface area contributed by atoms with E-state index in [1.807, 2.05) is 0 Å². The summed E-state index contributed by atoms with van der Waals surface area (Å²) in [4.78, 5) is 14.2. The summed E-state index contributed by atoms with van der Waals surface area (Å²) < 4.78 is 39.7. The molecule has 0 radical (unpaired) electrons. The van der Waals surface area contributed by atoms with E-state index in [9.17, 15) is 17.6 Å². The van der Waals surface area contributed by atoms with Crippen LogP contribution in [0.2, 0.25) is 0 Å². The normalized spacial score (nSPS) is 11.5. The standard InChI is InChI=1S/C11H8BrFN2O4S2/c12-7-2-1-6(3-8(7)13)21(18,19)14-4-10-15-9(5-20-10)11(16)17/h1-3,5,14H,4H2,(H,16,17). The molecular weight excluding hydrogens is 387 g/mol. The summed E-state index contributed by atoms with van der Waals surface area (Å²) in [6, 6.07) is 3.42. The van der Waals surface area contributed by atoms with Crippen LogP contribution in [0.3, 0.4) is 0 Å². The number of halogens is 2. The lowest BCUT2D eigenvalue weighted by Crippen LogP contribution is -2.23. The average Bonchev–Trinajstić information content (AvgIpc) is 2.89. The SMILES string of the molecule is O=C(O)c1csc(CNS(=O)(=O)c2ccc(Br)c(F)c2)n1. The van der Waals surface area contributed by atoms with Gasteiger partial charge in [-0.1, -0.05) is 0 Å². The number of thiazole rings is 1. The van der Waals surface area contributed by atoms with Gasteiger partial charge in [-0.15, -0.1) is 11.3 Å². The van der Waals surface area contributed by atoms with E-state index >= 15 is 0 Å². The molecule has 2 aromatic rings. The van der Waals surface area contributed by atoms with Crippen molar-refractivity contribution in [2.24, 2.45) is 0 Å². The van der Waals surface area contributed by atoms with E-state index < -0.39 is 21.8 Å². The Balaban J connectivity index is 2.13. The molecule has 0 bridgehead atoms. The molecule has 21 heavy (non-hydrogen) atoms. The number of carboxylic acids is 1. The lowest BCUT2D eigenvalue weighted by atomic mass is 10.3. The summed E-state index contributed by atoms with van der Waals surface area (Å²) in [5, 5.41) is 10.3. The van der Waals surface area contributed by atoms with Gasteiger partial charge in [-0.3, -0.25) is 0 Å². The van der Waals surface area contributed by atoms with Gasteiger partial charge in [0.15, 0.2) is 5.69 Å². The Morgan fingerprint density at radius 1 is 1.48 bits per heavy atom. The van der Waals surface area contributed by atoms with Gasteiger partial charge >= 0.3 is 5.97 Å². The number of carbonyl (C=O) groups is 1. The van der Waals surface area contributed by atoms with Crippen molar-refractivity contribution in [1.29, 1.82) is 0 Å². The number of hydrogen-bond acceptors (Lipinski definition) is 5. The summed E-state index contributed by atoms with van der Waals surface area (Å²) in [5.41, 5.74) is -0.149. The van der Waals surface area contributed by atoms with E-state index in [1.54, 1.807) is 0 Å². The summed E-state index contributed by atoms with van der Waals surface area (Å²) >= 11 is 3.95. The quantitative estimate of drug-likeness (QED) is 0.810. The van der Waals surface area contributed by atoms with Gasteiger partial charge in [0.25, 0.3) is 0 Å². The van der Waals surface area contributed by atoms with Crippen molar-refractivity contribution in [2.75, 3.05) is 0 Å². The molecular formula is C11H8BrFN2O4S2. The molecule has 1 aromatic heterocycles. The van der Waals surface area contributed by atoms with Crippen molar-refractivity contribution in [3.8, 4) is 0 Å². The minimum Gasteiger partial charge on any atom is -0.476 e. The molecule has 0 fully saturated rings. The number of benzene rings is 1. The zero-order valence-corrected chi connectivity index (χ0v) is 13.4. The number of carboxylic acid groups (broad SMARTS) is 1.